The quantitative estimate of drug-likeness (QED) is 0.773. The van der Waals surface area contributed by atoms with Crippen molar-refractivity contribution in [2.24, 2.45) is 0 Å². The highest BCUT2D eigenvalue weighted by atomic mass is 19.2. The van der Waals surface area contributed by atoms with Gasteiger partial charge in [-0.15, -0.1) is 0 Å². The highest BCUT2D eigenvalue weighted by molar-refractivity contribution is 5.23. The molecule has 0 saturated carbocycles. The van der Waals surface area contributed by atoms with Gasteiger partial charge in [-0.3, -0.25) is 0 Å². The molecule has 0 fully saturated rings. The third kappa shape index (κ3) is 2.51. The van der Waals surface area contributed by atoms with E-state index in [1.807, 2.05) is 0 Å². The Kier molecular flexibility index (Phi) is 3.88. The fourth-order valence-electron chi connectivity index (χ4n) is 1.18. The Morgan fingerprint density at radius 2 is 1.69 bits per heavy atom. The molecule has 2 N–H and O–H groups in total. The smallest absolute Gasteiger partial charge is 0.161 e. The van der Waals surface area contributed by atoms with E-state index in [9.17, 15) is 23.4 Å². The van der Waals surface area contributed by atoms with Crippen LogP contribution in [-0.4, -0.2) is 16.3 Å². The minimum Gasteiger partial charge on any atom is -0.389 e. The van der Waals surface area contributed by atoms with E-state index in [2.05, 4.69) is 0 Å². The standard InChI is InChI=1S/C10H8F3NO2/c11-6-4-8(13)7(12)3-5(6)10(16)9(15)1-2-14/h3-4,9-10,15-16H,1H2. The maximum absolute atomic E-state index is 13.1. The van der Waals surface area contributed by atoms with Crippen molar-refractivity contribution in [3.63, 3.8) is 0 Å². The van der Waals surface area contributed by atoms with Crippen LogP contribution >= 0.6 is 0 Å². The molecule has 0 aromatic heterocycles. The number of nitriles is 1. The molecule has 3 nitrogen and oxygen atoms in total. The molecular formula is C10H8F3NO2. The van der Waals surface area contributed by atoms with E-state index >= 15 is 0 Å². The summed E-state index contributed by atoms with van der Waals surface area (Å²) in [4.78, 5) is 0. The van der Waals surface area contributed by atoms with Gasteiger partial charge in [-0.05, 0) is 6.07 Å². The molecule has 0 aliphatic heterocycles. The predicted octanol–water partition coefficient (Wildman–Crippen LogP) is 1.41. The third-order valence-electron chi connectivity index (χ3n) is 2.02. The number of aliphatic hydroxyl groups excluding tert-OH is 2. The summed E-state index contributed by atoms with van der Waals surface area (Å²) in [5.74, 6) is -3.90. The second kappa shape index (κ2) is 4.96. The van der Waals surface area contributed by atoms with Gasteiger partial charge in [0.2, 0.25) is 0 Å². The SMILES string of the molecule is N#CCC(O)C(O)c1cc(F)c(F)cc1F. The molecule has 1 rings (SSSR count). The van der Waals surface area contributed by atoms with Gasteiger partial charge < -0.3 is 10.2 Å². The van der Waals surface area contributed by atoms with E-state index in [0.29, 0.717) is 6.07 Å². The molecule has 86 valence electrons. The lowest BCUT2D eigenvalue weighted by Gasteiger charge is -2.16. The van der Waals surface area contributed by atoms with E-state index in [1.54, 1.807) is 6.07 Å². The highest BCUT2D eigenvalue weighted by Gasteiger charge is 2.23. The molecule has 16 heavy (non-hydrogen) atoms. The van der Waals surface area contributed by atoms with E-state index < -0.39 is 41.6 Å². The molecule has 0 radical (unpaired) electrons. The van der Waals surface area contributed by atoms with Crippen LogP contribution in [0.5, 0.6) is 0 Å². The van der Waals surface area contributed by atoms with E-state index in [-0.39, 0.29) is 6.07 Å². The summed E-state index contributed by atoms with van der Waals surface area (Å²) in [7, 11) is 0. The first-order valence-electron chi connectivity index (χ1n) is 4.35. The van der Waals surface area contributed by atoms with Crippen molar-refractivity contribution in [3.8, 4) is 6.07 Å². The van der Waals surface area contributed by atoms with Crippen molar-refractivity contribution >= 4 is 0 Å². The van der Waals surface area contributed by atoms with Crippen LogP contribution in [0.1, 0.15) is 18.1 Å². The molecule has 0 amide bonds. The summed E-state index contributed by atoms with van der Waals surface area (Å²) in [6, 6.07) is 2.29. The van der Waals surface area contributed by atoms with Crippen molar-refractivity contribution in [1.29, 1.82) is 5.26 Å². The second-order valence-electron chi connectivity index (χ2n) is 3.16. The Morgan fingerprint density at radius 3 is 2.25 bits per heavy atom. The molecule has 2 unspecified atom stereocenters. The first kappa shape index (κ1) is 12.5. The molecule has 0 bridgehead atoms. The monoisotopic (exact) mass is 231 g/mol. The minimum atomic E-state index is -1.77. The average molecular weight is 231 g/mol. The Hall–Kier alpha value is -1.58. The molecule has 1 aromatic carbocycles. The molecule has 6 heteroatoms. The van der Waals surface area contributed by atoms with Crippen LogP contribution in [0, 0.1) is 28.8 Å². The summed E-state index contributed by atoms with van der Waals surface area (Å²) in [5.41, 5.74) is -0.582. The Bertz CT molecular complexity index is 431. The van der Waals surface area contributed by atoms with Crippen LogP contribution < -0.4 is 0 Å². The van der Waals surface area contributed by atoms with Crippen LogP contribution in [0.15, 0.2) is 12.1 Å². The van der Waals surface area contributed by atoms with Gasteiger partial charge in [0.05, 0.1) is 18.6 Å². The van der Waals surface area contributed by atoms with Crippen LogP contribution in [0.4, 0.5) is 13.2 Å². The fraction of sp³-hybridized carbons (Fsp3) is 0.300. The number of nitrogens with zero attached hydrogens (tertiary/aromatic N) is 1. The minimum absolute atomic E-state index is 0.271. The summed E-state index contributed by atoms with van der Waals surface area (Å²) < 4.78 is 38.5. The zero-order valence-corrected chi connectivity index (χ0v) is 7.99. The molecule has 0 spiro atoms. The first-order chi connectivity index (χ1) is 7.47. The largest absolute Gasteiger partial charge is 0.389 e. The fourth-order valence-corrected chi connectivity index (χ4v) is 1.18. The molecule has 0 aliphatic carbocycles. The number of hydrogen-bond acceptors (Lipinski definition) is 3. The van der Waals surface area contributed by atoms with Gasteiger partial charge in [-0.25, -0.2) is 13.2 Å². The zero-order valence-electron chi connectivity index (χ0n) is 7.99. The predicted molar refractivity (Wildman–Crippen MR) is 47.5 cm³/mol. The van der Waals surface area contributed by atoms with Crippen LogP contribution in [0.2, 0.25) is 0 Å². The van der Waals surface area contributed by atoms with Crippen LogP contribution in [0.25, 0.3) is 0 Å². The molecule has 1 aromatic rings. The van der Waals surface area contributed by atoms with Crippen molar-refractivity contribution in [2.75, 3.05) is 0 Å². The normalized spacial score (nSPS) is 14.2. The van der Waals surface area contributed by atoms with Gasteiger partial charge in [0.1, 0.15) is 11.9 Å². The molecule has 0 saturated heterocycles. The Morgan fingerprint density at radius 1 is 1.12 bits per heavy atom. The third-order valence-corrected chi connectivity index (χ3v) is 2.02. The van der Waals surface area contributed by atoms with Gasteiger partial charge in [-0.2, -0.15) is 5.26 Å². The number of benzene rings is 1. The van der Waals surface area contributed by atoms with Crippen LogP contribution in [0.3, 0.4) is 0 Å². The number of rotatable bonds is 3. The van der Waals surface area contributed by atoms with E-state index in [0.717, 1.165) is 0 Å². The number of aliphatic hydroxyl groups is 2. The Balaban J connectivity index is 3.04. The van der Waals surface area contributed by atoms with Gasteiger partial charge in [0.25, 0.3) is 0 Å². The number of halogens is 3. The first-order valence-corrected chi connectivity index (χ1v) is 4.35. The molecular weight excluding hydrogens is 223 g/mol. The maximum atomic E-state index is 13.1. The van der Waals surface area contributed by atoms with Gasteiger partial charge in [-0.1, -0.05) is 0 Å². The van der Waals surface area contributed by atoms with Crippen molar-refractivity contribution in [1.82, 2.24) is 0 Å². The topological polar surface area (TPSA) is 64.2 Å². The summed E-state index contributed by atoms with van der Waals surface area (Å²) in [6.07, 6.45) is -3.77. The van der Waals surface area contributed by atoms with E-state index in [4.69, 9.17) is 5.26 Å². The summed E-state index contributed by atoms with van der Waals surface area (Å²) in [5, 5.41) is 26.8. The lowest BCUT2D eigenvalue weighted by atomic mass is 10.0. The van der Waals surface area contributed by atoms with Crippen LogP contribution in [-0.2, 0) is 0 Å². The Labute approximate surface area is 89.4 Å². The second-order valence-corrected chi connectivity index (χ2v) is 3.16. The van der Waals surface area contributed by atoms with Crippen molar-refractivity contribution in [3.05, 3.63) is 35.1 Å². The lowest BCUT2D eigenvalue weighted by Crippen LogP contribution is -2.19. The number of hydrogen-bond donors (Lipinski definition) is 2. The molecule has 2 atom stereocenters. The van der Waals surface area contributed by atoms with Gasteiger partial charge >= 0.3 is 0 Å². The van der Waals surface area contributed by atoms with Crippen molar-refractivity contribution in [2.45, 2.75) is 18.6 Å². The summed E-state index contributed by atoms with van der Waals surface area (Å²) in [6.45, 7) is 0. The zero-order chi connectivity index (χ0) is 12.3. The lowest BCUT2D eigenvalue weighted by molar-refractivity contribution is 0.0192. The highest BCUT2D eigenvalue weighted by Crippen LogP contribution is 2.24. The van der Waals surface area contributed by atoms with Gasteiger partial charge in [0, 0.05) is 11.6 Å². The van der Waals surface area contributed by atoms with Crippen molar-refractivity contribution < 1.29 is 23.4 Å². The molecule has 0 aliphatic rings. The van der Waals surface area contributed by atoms with Gasteiger partial charge in [0.15, 0.2) is 11.6 Å². The van der Waals surface area contributed by atoms with E-state index in [1.165, 1.54) is 0 Å². The maximum Gasteiger partial charge on any atom is 0.161 e. The summed E-state index contributed by atoms with van der Waals surface area (Å²) >= 11 is 0. The molecule has 0 heterocycles. The average Bonchev–Trinajstić information content (AvgIpc) is 2.23.